The van der Waals surface area contributed by atoms with E-state index in [1.54, 1.807) is 18.2 Å². The van der Waals surface area contributed by atoms with Crippen molar-refractivity contribution in [3.05, 3.63) is 41.2 Å². The molecule has 0 atom stereocenters. The number of rotatable bonds is 2. The maximum Gasteiger partial charge on any atom is 0.340 e. The highest BCUT2D eigenvalue weighted by atomic mass is 35.5. The molecule has 0 aromatic heterocycles. The van der Waals surface area contributed by atoms with E-state index in [0.717, 1.165) is 0 Å². The molecule has 1 N–H and O–H groups in total. The van der Waals surface area contributed by atoms with E-state index in [1.807, 2.05) is 0 Å². The van der Waals surface area contributed by atoms with Crippen LogP contribution in [-0.2, 0) is 4.79 Å². The van der Waals surface area contributed by atoms with Gasteiger partial charge in [-0.25, -0.2) is 4.79 Å². The summed E-state index contributed by atoms with van der Waals surface area (Å²) < 4.78 is 12.6. The Morgan fingerprint density at radius 3 is 2.23 bits per heavy atom. The van der Waals surface area contributed by atoms with E-state index in [4.69, 9.17) is 16.7 Å². The predicted molar refractivity (Wildman–Crippen MR) is 48.0 cm³/mol. The first-order chi connectivity index (χ1) is 6.13. The molecule has 4 heteroatoms. The molecule has 0 radical (unpaired) electrons. The van der Waals surface area contributed by atoms with E-state index in [1.165, 1.54) is 12.1 Å². The number of aliphatic carboxylic acids is 1. The molecule has 1 aromatic carbocycles. The molecule has 68 valence electrons. The van der Waals surface area contributed by atoms with Crippen LogP contribution in [0.15, 0.2) is 35.6 Å². The van der Waals surface area contributed by atoms with Crippen LogP contribution in [0.1, 0.15) is 5.56 Å². The molecule has 0 saturated carbocycles. The molecule has 13 heavy (non-hydrogen) atoms. The van der Waals surface area contributed by atoms with Crippen molar-refractivity contribution in [3.8, 4) is 0 Å². The second-order valence-corrected chi connectivity index (χ2v) is 2.64. The van der Waals surface area contributed by atoms with Gasteiger partial charge in [0.05, 0.1) is 0 Å². The summed E-state index contributed by atoms with van der Waals surface area (Å²) in [6.07, 6.45) is 0. The molecule has 2 nitrogen and oxygen atoms in total. The molecule has 0 aliphatic carbocycles. The summed E-state index contributed by atoms with van der Waals surface area (Å²) in [7, 11) is 0. The lowest BCUT2D eigenvalue weighted by Gasteiger charge is -2.00. The number of benzene rings is 1. The van der Waals surface area contributed by atoms with Crippen LogP contribution in [0.2, 0.25) is 0 Å². The summed E-state index contributed by atoms with van der Waals surface area (Å²) >= 11 is 5.01. The molecule has 0 saturated heterocycles. The Hall–Kier alpha value is -1.35. The highest BCUT2D eigenvalue weighted by Gasteiger charge is 2.14. The van der Waals surface area contributed by atoms with E-state index in [9.17, 15) is 9.18 Å². The molecule has 1 aromatic rings. The van der Waals surface area contributed by atoms with Crippen LogP contribution in [0, 0.1) is 0 Å². The van der Waals surface area contributed by atoms with Crippen molar-refractivity contribution in [3.63, 3.8) is 0 Å². The molecule has 0 fully saturated rings. The quantitative estimate of drug-likeness (QED) is 0.746. The van der Waals surface area contributed by atoms with Crippen molar-refractivity contribution < 1.29 is 14.3 Å². The third-order valence-corrected chi connectivity index (χ3v) is 1.65. The fourth-order valence-corrected chi connectivity index (χ4v) is 1.11. The van der Waals surface area contributed by atoms with Gasteiger partial charge in [-0.15, -0.1) is 0 Å². The third-order valence-electron chi connectivity index (χ3n) is 1.47. The smallest absolute Gasteiger partial charge is 0.340 e. The Morgan fingerprint density at radius 2 is 1.85 bits per heavy atom. The van der Waals surface area contributed by atoms with Gasteiger partial charge in [0.1, 0.15) is 5.57 Å². The highest BCUT2D eigenvalue weighted by molar-refractivity contribution is 6.36. The van der Waals surface area contributed by atoms with E-state index >= 15 is 0 Å². The van der Waals surface area contributed by atoms with Gasteiger partial charge in [0.25, 0.3) is 0 Å². The van der Waals surface area contributed by atoms with Crippen molar-refractivity contribution in [1.82, 2.24) is 0 Å². The Balaban J connectivity index is 3.20. The molecule has 0 heterocycles. The van der Waals surface area contributed by atoms with Gasteiger partial charge in [0, 0.05) is 0 Å². The highest BCUT2D eigenvalue weighted by Crippen LogP contribution is 2.22. The van der Waals surface area contributed by atoms with Crippen molar-refractivity contribution in [2.75, 3.05) is 0 Å². The molecule has 0 amide bonds. The average molecular weight is 201 g/mol. The first-order valence-corrected chi connectivity index (χ1v) is 3.84. The topological polar surface area (TPSA) is 37.3 Å². The lowest BCUT2D eigenvalue weighted by atomic mass is 10.1. The van der Waals surface area contributed by atoms with E-state index in [0.29, 0.717) is 0 Å². The lowest BCUT2D eigenvalue weighted by Crippen LogP contribution is -2.00. The Labute approximate surface area is 79.3 Å². The summed E-state index contributed by atoms with van der Waals surface area (Å²) in [6, 6.07) is 7.88. The van der Waals surface area contributed by atoms with Crippen LogP contribution < -0.4 is 0 Å². The summed E-state index contributed by atoms with van der Waals surface area (Å²) in [5, 5.41) is 7.41. The molecule has 0 bridgehead atoms. The predicted octanol–water partition coefficient (Wildman–Crippen LogP) is 2.65. The maximum absolute atomic E-state index is 12.6. The lowest BCUT2D eigenvalue weighted by molar-refractivity contribution is -0.130. The number of halogens is 2. The monoisotopic (exact) mass is 200 g/mol. The SMILES string of the molecule is O=C(O)C(=C(F)Cl)c1ccccc1. The van der Waals surface area contributed by atoms with Crippen LogP contribution in [0.25, 0.3) is 5.57 Å². The van der Waals surface area contributed by atoms with Crippen LogP contribution in [0.3, 0.4) is 0 Å². The number of carboxylic acid groups (broad SMARTS) is 1. The summed E-state index contributed by atoms with van der Waals surface area (Å²) in [6.45, 7) is 0. The van der Waals surface area contributed by atoms with E-state index in [-0.39, 0.29) is 5.56 Å². The van der Waals surface area contributed by atoms with Gasteiger partial charge in [-0.2, -0.15) is 4.39 Å². The van der Waals surface area contributed by atoms with E-state index < -0.39 is 16.8 Å². The first kappa shape index (κ1) is 9.74. The van der Waals surface area contributed by atoms with Crippen molar-refractivity contribution >= 4 is 23.1 Å². The molecular formula is C9H6ClFO2. The standard InChI is InChI=1S/C9H6ClFO2/c10-8(11)7(9(12)13)6-4-2-1-3-5-6/h1-5H,(H,12,13). The van der Waals surface area contributed by atoms with E-state index in [2.05, 4.69) is 0 Å². The number of carbonyl (C=O) groups is 1. The zero-order chi connectivity index (χ0) is 9.84. The maximum atomic E-state index is 12.6. The third kappa shape index (κ3) is 2.29. The van der Waals surface area contributed by atoms with Gasteiger partial charge < -0.3 is 5.11 Å². The molecule has 1 rings (SSSR count). The molecule has 0 spiro atoms. The number of hydrogen-bond donors (Lipinski definition) is 1. The second-order valence-electron chi connectivity index (χ2n) is 2.31. The van der Waals surface area contributed by atoms with Gasteiger partial charge >= 0.3 is 5.97 Å². The number of carboxylic acids is 1. The van der Waals surface area contributed by atoms with Crippen LogP contribution in [-0.4, -0.2) is 11.1 Å². The van der Waals surface area contributed by atoms with Gasteiger partial charge in [-0.3, -0.25) is 0 Å². The fraction of sp³-hybridized carbons (Fsp3) is 0. The zero-order valence-corrected chi connectivity index (χ0v) is 7.25. The van der Waals surface area contributed by atoms with Crippen molar-refractivity contribution in [1.29, 1.82) is 0 Å². The van der Waals surface area contributed by atoms with Gasteiger partial charge in [-0.05, 0) is 5.56 Å². The van der Waals surface area contributed by atoms with Crippen LogP contribution in [0.4, 0.5) is 4.39 Å². The molecular weight excluding hydrogens is 195 g/mol. The van der Waals surface area contributed by atoms with Gasteiger partial charge in [-0.1, -0.05) is 41.9 Å². The minimum absolute atomic E-state index is 0.252. The first-order valence-electron chi connectivity index (χ1n) is 3.47. The molecule has 0 aliphatic rings. The molecule has 0 aliphatic heterocycles. The zero-order valence-electron chi connectivity index (χ0n) is 6.50. The average Bonchev–Trinajstić information content (AvgIpc) is 2.04. The van der Waals surface area contributed by atoms with Crippen LogP contribution >= 0.6 is 11.6 Å². The Bertz CT molecular complexity index is 342. The summed E-state index contributed by atoms with van der Waals surface area (Å²) in [5.74, 6) is -1.38. The van der Waals surface area contributed by atoms with Crippen molar-refractivity contribution in [2.45, 2.75) is 0 Å². The fourth-order valence-electron chi connectivity index (χ4n) is 0.918. The minimum Gasteiger partial charge on any atom is -0.478 e. The van der Waals surface area contributed by atoms with Crippen LogP contribution in [0.5, 0.6) is 0 Å². The molecule has 0 unspecified atom stereocenters. The Kier molecular flexibility index (Phi) is 3.03. The second kappa shape index (κ2) is 4.05. The number of hydrogen-bond acceptors (Lipinski definition) is 1. The normalized spacial score (nSPS) is 12.2. The summed E-state index contributed by atoms with van der Waals surface area (Å²) in [4.78, 5) is 10.6. The Morgan fingerprint density at radius 1 is 1.31 bits per heavy atom. The van der Waals surface area contributed by atoms with Gasteiger partial charge in [0.2, 0.25) is 5.29 Å². The minimum atomic E-state index is -1.38. The van der Waals surface area contributed by atoms with Crippen molar-refractivity contribution in [2.24, 2.45) is 0 Å². The van der Waals surface area contributed by atoms with Gasteiger partial charge in [0.15, 0.2) is 0 Å². The summed E-state index contributed by atoms with van der Waals surface area (Å²) in [5.41, 5.74) is -0.259. The largest absolute Gasteiger partial charge is 0.478 e.